The fraction of sp³-hybridized carbons (Fsp3) is 0.214. The van der Waals surface area contributed by atoms with Gasteiger partial charge in [-0.05, 0) is 29.6 Å². The number of carbonyl (C=O) groups excluding carboxylic acids is 1. The van der Waals surface area contributed by atoms with Crippen LogP contribution in [0, 0.1) is 6.92 Å². The number of nitrogens with zero attached hydrogens (tertiary/aromatic N) is 2. The van der Waals surface area contributed by atoms with E-state index in [9.17, 15) is 4.79 Å². The zero-order chi connectivity index (χ0) is 14.1. The molecule has 1 aromatic carbocycles. The van der Waals surface area contributed by atoms with Gasteiger partial charge in [0.15, 0.2) is 5.78 Å². The third-order valence-corrected chi connectivity index (χ3v) is 3.20. The summed E-state index contributed by atoms with van der Waals surface area (Å²) >= 11 is 0. The standard InChI is InChI=1S/C14H12BN2O3/c1-8-12(4-3-10-7-19-15-14(8)10)20-13-6-16-11(5-17-13)9(2)18/h3-6H,7H2,1-2H3. The maximum atomic E-state index is 11.1. The Hall–Kier alpha value is -2.21. The fourth-order valence-corrected chi connectivity index (χ4v) is 2.04. The number of carbonyl (C=O) groups is 1. The number of hydrogen-bond donors (Lipinski definition) is 0. The summed E-state index contributed by atoms with van der Waals surface area (Å²) in [5.41, 5.74) is 3.52. The average molecular weight is 267 g/mol. The van der Waals surface area contributed by atoms with Gasteiger partial charge in [0, 0.05) is 6.92 Å². The highest BCUT2D eigenvalue weighted by atomic mass is 16.5. The molecule has 6 heteroatoms. The first kappa shape index (κ1) is 12.8. The Kier molecular flexibility index (Phi) is 3.24. The highest BCUT2D eigenvalue weighted by Crippen LogP contribution is 2.24. The van der Waals surface area contributed by atoms with Crippen molar-refractivity contribution in [2.24, 2.45) is 0 Å². The molecule has 0 atom stereocenters. The maximum Gasteiger partial charge on any atom is 0.331 e. The fourth-order valence-electron chi connectivity index (χ4n) is 2.04. The predicted molar refractivity (Wildman–Crippen MR) is 73.5 cm³/mol. The summed E-state index contributed by atoms with van der Waals surface area (Å²) in [5.74, 6) is 0.942. The van der Waals surface area contributed by atoms with Crippen molar-refractivity contribution < 1.29 is 14.2 Å². The molecule has 1 aliphatic rings. The number of ether oxygens (including phenoxy) is 1. The first-order valence-electron chi connectivity index (χ1n) is 6.23. The third-order valence-electron chi connectivity index (χ3n) is 3.20. The van der Waals surface area contributed by atoms with Gasteiger partial charge in [-0.25, -0.2) is 9.97 Å². The molecule has 2 aromatic rings. The molecule has 3 rings (SSSR count). The second kappa shape index (κ2) is 5.05. The van der Waals surface area contributed by atoms with Crippen molar-refractivity contribution >= 4 is 18.7 Å². The van der Waals surface area contributed by atoms with Crippen LogP contribution in [0.1, 0.15) is 28.5 Å². The molecule has 5 nitrogen and oxygen atoms in total. The summed E-state index contributed by atoms with van der Waals surface area (Å²) in [6.07, 6.45) is 2.86. The van der Waals surface area contributed by atoms with Crippen LogP contribution in [-0.4, -0.2) is 23.2 Å². The van der Waals surface area contributed by atoms with Crippen LogP contribution in [0.5, 0.6) is 11.6 Å². The van der Waals surface area contributed by atoms with Crippen molar-refractivity contribution in [3.8, 4) is 11.6 Å². The SMILES string of the molecule is CC(=O)c1cnc(Oc2ccc3c(c2C)[B]OC3)cn1. The Labute approximate surface area is 117 Å². The van der Waals surface area contributed by atoms with Gasteiger partial charge in [0.25, 0.3) is 0 Å². The first-order valence-corrected chi connectivity index (χ1v) is 6.23. The minimum absolute atomic E-state index is 0.121. The summed E-state index contributed by atoms with van der Waals surface area (Å²) in [6.45, 7) is 4.02. The molecule has 20 heavy (non-hydrogen) atoms. The van der Waals surface area contributed by atoms with E-state index in [0.29, 0.717) is 23.9 Å². The molecule has 99 valence electrons. The molecule has 1 aliphatic heterocycles. The van der Waals surface area contributed by atoms with Gasteiger partial charge in [0.1, 0.15) is 11.4 Å². The second-order valence-corrected chi connectivity index (χ2v) is 4.59. The van der Waals surface area contributed by atoms with Crippen molar-refractivity contribution in [3.63, 3.8) is 0 Å². The van der Waals surface area contributed by atoms with Gasteiger partial charge in [-0.15, -0.1) is 0 Å². The van der Waals surface area contributed by atoms with E-state index in [2.05, 4.69) is 9.97 Å². The highest BCUT2D eigenvalue weighted by Gasteiger charge is 2.18. The summed E-state index contributed by atoms with van der Waals surface area (Å²) < 4.78 is 11.0. The highest BCUT2D eigenvalue weighted by molar-refractivity contribution is 6.49. The Balaban J connectivity index is 1.86. The molecule has 0 aliphatic carbocycles. The van der Waals surface area contributed by atoms with Gasteiger partial charge in [-0.2, -0.15) is 0 Å². The van der Waals surface area contributed by atoms with E-state index in [1.165, 1.54) is 19.3 Å². The van der Waals surface area contributed by atoms with Crippen LogP contribution in [0.3, 0.4) is 0 Å². The van der Waals surface area contributed by atoms with E-state index in [-0.39, 0.29) is 5.78 Å². The van der Waals surface area contributed by atoms with Gasteiger partial charge in [-0.3, -0.25) is 4.79 Å². The van der Waals surface area contributed by atoms with Crippen LogP contribution in [-0.2, 0) is 11.3 Å². The van der Waals surface area contributed by atoms with Crippen molar-refractivity contribution in [3.05, 3.63) is 41.3 Å². The molecular weight excluding hydrogens is 255 g/mol. The van der Waals surface area contributed by atoms with E-state index in [4.69, 9.17) is 9.39 Å². The number of hydrogen-bond acceptors (Lipinski definition) is 5. The van der Waals surface area contributed by atoms with Crippen molar-refractivity contribution in [2.75, 3.05) is 0 Å². The monoisotopic (exact) mass is 267 g/mol. The van der Waals surface area contributed by atoms with E-state index >= 15 is 0 Å². The zero-order valence-electron chi connectivity index (χ0n) is 11.2. The molecule has 0 N–H and O–H groups in total. The summed E-state index contributed by atoms with van der Waals surface area (Å²) in [4.78, 5) is 19.2. The van der Waals surface area contributed by atoms with E-state index < -0.39 is 0 Å². The molecule has 0 fully saturated rings. The minimum atomic E-state index is -0.121. The molecule has 0 bridgehead atoms. The van der Waals surface area contributed by atoms with Crippen molar-refractivity contribution in [2.45, 2.75) is 20.5 Å². The van der Waals surface area contributed by atoms with Crippen molar-refractivity contribution in [1.82, 2.24) is 9.97 Å². The molecule has 1 radical (unpaired) electrons. The number of rotatable bonds is 3. The zero-order valence-corrected chi connectivity index (χ0v) is 11.2. The van der Waals surface area contributed by atoms with Crippen LogP contribution in [0.25, 0.3) is 0 Å². The van der Waals surface area contributed by atoms with Crippen LogP contribution in [0.2, 0.25) is 0 Å². The summed E-state index contributed by atoms with van der Waals surface area (Å²) in [7, 11) is 1.74. The topological polar surface area (TPSA) is 61.3 Å². The lowest BCUT2D eigenvalue weighted by atomic mass is 9.83. The Morgan fingerprint density at radius 1 is 1.35 bits per heavy atom. The van der Waals surface area contributed by atoms with Gasteiger partial charge in [0.05, 0.1) is 19.0 Å². The number of aromatic nitrogens is 2. The normalized spacial score (nSPS) is 12.7. The predicted octanol–water partition coefficient (Wildman–Crippen LogP) is 1.55. The first-order chi connectivity index (χ1) is 9.65. The maximum absolute atomic E-state index is 11.1. The minimum Gasteiger partial charge on any atom is -0.437 e. The molecule has 0 amide bonds. The number of benzene rings is 1. The number of ketones is 1. The van der Waals surface area contributed by atoms with Crippen LogP contribution < -0.4 is 10.2 Å². The summed E-state index contributed by atoms with van der Waals surface area (Å²) in [6, 6.07) is 3.86. The third kappa shape index (κ3) is 2.30. The molecule has 0 saturated carbocycles. The average Bonchev–Trinajstić information content (AvgIpc) is 2.92. The Bertz CT molecular complexity index is 671. The van der Waals surface area contributed by atoms with E-state index in [0.717, 1.165) is 16.6 Å². The van der Waals surface area contributed by atoms with Crippen LogP contribution >= 0.6 is 0 Å². The number of Topliss-reactive ketones (excluding diaryl/α,β-unsaturated/α-hetero) is 1. The lowest BCUT2D eigenvalue weighted by Gasteiger charge is -2.10. The van der Waals surface area contributed by atoms with Crippen molar-refractivity contribution in [1.29, 1.82) is 0 Å². The lowest BCUT2D eigenvalue weighted by Crippen LogP contribution is -2.16. The molecule has 0 saturated heterocycles. The Morgan fingerprint density at radius 2 is 2.20 bits per heavy atom. The van der Waals surface area contributed by atoms with E-state index in [1.807, 2.05) is 19.1 Å². The molecule has 0 unspecified atom stereocenters. The van der Waals surface area contributed by atoms with Gasteiger partial charge in [-0.1, -0.05) is 6.07 Å². The van der Waals surface area contributed by atoms with Gasteiger partial charge in [0.2, 0.25) is 5.88 Å². The molecule has 2 heterocycles. The molecule has 1 aromatic heterocycles. The lowest BCUT2D eigenvalue weighted by molar-refractivity contribution is 0.101. The number of fused-ring (bicyclic) bond motifs is 1. The smallest absolute Gasteiger partial charge is 0.331 e. The largest absolute Gasteiger partial charge is 0.437 e. The van der Waals surface area contributed by atoms with Crippen LogP contribution in [0.4, 0.5) is 0 Å². The molecule has 0 spiro atoms. The molecular formula is C14H12BN2O3. The van der Waals surface area contributed by atoms with Gasteiger partial charge < -0.3 is 9.39 Å². The second-order valence-electron chi connectivity index (χ2n) is 4.59. The quantitative estimate of drug-likeness (QED) is 0.623. The van der Waals surface area contributed by atoms with E-state index in [1.54, 1.807) is 7.48 Å². The Morgan fingerprint density at radius 3 is 2.90 bits per heavy atom. The van der Waals surface area contributed by atoms with Gasteiger partial charge >= 0.3 is 7.48 Å². The summed E-state index contributed by atoms with van der Waals surface area (Å²) in [5, 5.41) is 0. The van der Waals surface area contributed by atoms with Crippen LogP contribution in [0.15, 0.2) is 24.5 Å².